The Morgan fingerprint density at radius 2 is 1.83 bits per heavy atom. The number of hydrogen-bond donors (Lipinski definition) is 2. The van der Waals surface area contributed by atoms with Gasteiger partial charge in [-0.3, -0.25) is 0 Å². The first-order chi connectivity index (χ1) is 8.63. The molecule has 0 atom stereocenters. The minimum atomic E-state index is -1.05. The fourth-order valence-corrected chi connectivity index (χ4v) is 2.37. The molecule has 2 rings (SSSR count). The molecule has 0 radical (unpaired) electrons. The van der Waals surface area contributed by atoms with E-state index in [-0.39, 0.29) is 11.3 Å². The second kappa shape index (κ2) is 5.14. The maximum absolute atomic E-state index is 10.8. The second-order valence-electron chi connectivity index (χ2n) is 3.74. The van der Waals surface area contributed by atoms with Crippen molar-refractivity contribution >= 4 is 17.7 Å². The zero-order chi connectivity index (χ0) is 13.1. The Labute approximate surface area is 109 Å². The average molecular weight is 260 g/mol. The van der Waals surface area contributed by atoms with Crippen LogP contribution in [0.25, 0.3) is 11.1 Å². The van der Waals surface area contributed by atoms with E-state index in [2.05, 4.69) is 0 Å². The molecular formula is C14H12O3S. The number of carbonyl (C=O) groups is 1. The van der Waals surface area contributed by atoms with Crippen LogP contribution in [0, 0.1) is 0 Å². The molecule has 0 saturated carbocycles. The number of rotatable bonds is 3. The molecule has 0 aliphatic rings. The molecule has 0 amide bonds. The summed E-state index contributed by atoms with van der Waals surface area (Å²) < 4.78 is 0. The van der Waals surface area contributed by atoms with E-state index in [1.807, 2.05) is 30.5 Å². The Morgan fingerprint density at radius 3 is 2.44 bits per heavy atom. The minimum absolute atomic E-state index is 0.0172. The number of phenols is 1. The summed E-state index contributed by atoms with van der Waals surface area (Å²) in [6.45, 7) is 0. The van der Waals surface area contributed by atoms with Crippen molar-refractivity contribution in [3.05, 3.63) is 48.0 Å². The van der Waals surface area contributed by atoms with Crippen LogP contribution in [0.2, 0.25) is 0 Å². The number of aromatic carboxylic acids is 1. The lowest BCUT2D eigenvalue weighted by atomic mass is 10.0. The van der Waals surface area contributed by atoms with Gasteiger partial charge in [-0.05, 0) is 36.1 Å². The number of phenolic OH excluding ortho intramolecular Hbond substituents is 1. The number of hydrogen-bond acceptors (Lipinski definition) is 3. The van der Waals surface area contributed by atoms with Crippen molar-refractivity contribution in [2.45, 2.75) is 4.90 Å². The molecule has 2 aromatic rings. The number of aromatic hydroxyl groups is 1. The van der Waals surface area contributed by atoms with Crippen molar-refractivity contribution in [1.82, 2.24) is 0 Å². The van der Waals surface area contributed by atoms with Gasteiger partial charge in [0.15, 0.2) is 0 Å². The third kappa shape index (κ3) is 2.33. The Balaban J connectivity index is 2.54. The largest absolute Gasteiger partial charge is 0.507 e. The van der Waals surface area contributed by atoms with Crippen molar-refractivity contribution in [3.63, 3.8) is 0 Å². The van der Waals surface area contributed by atoms with Crippen molar-refractivity contribution < 1.29 is 15.0 Å². The fourth-order valence-electron chi connectivity index (χ4n) is 1.76. The first-order valence-corrected chi connectivity index (χ1v) is 6.55. The highest BCUT2D eigenvalue weighted by atomic mass is 32.2. The molecule has 0 aromatic heterocycles. The van der Waals surface area contributed by atoms with E-state index < -0.39 is 5.97 Å². The Hall–Kier alpha value is -1.94. The molecule has 4 heteroatoms. The van der Waals surface area contributed by atoms with Crippen molar-refractivity contribution in [2.24, 2.45) is 0 Å². The molecule has 2 aromatic carbocycles. The van der Waals surface area contributed by atoms with Gasteiger partial charge in [-0.1, -0.05) is 18.2 Å². The predicted molar refractivity (Wildman–Crippen MR) is 72.3 cm³/mol. The van der Waals surface area contributed by atoms with Crippen molar-refractivity contribution in [3.8, 4) is 16.9 Å². The highest BCUT2D eigenvalue weighted by Crippen LogP contribution is 2.35. The Kier molecular flexibility index (Phi) is 3.58. The van der Waals surface area contributed by atoms with Gasteiger partial charge in [-0.25, -0.2) is 4.79 Å². The summed E-state index contributed by atoms with van der Waals surface area (Å²) in [5.41, 5.74) is 1.63. The summed E-state index contributed by atoms with van der Waals surface area (Å²) in [6, 6.07) is 12.1. The molecule has 0 unspecified atom stereocenters. The topological polar surface area (TPSA) is 57.5 Å². The van der Waals surface area contributed by atoms with E-state index in [0.717, 1.165) is 10.5 Å². The SMILES string of the molecule is CSc1ccccc1-c1ccc(C(=O)O)cc1O. The zero-order valence-electron chi connectivity index (χ0n) is 9.75. The molecule has 2 N–H and O–H groups in total. The van der Waals surface area contributed by atoms with Crippen LogP contribution in [0.1, 0.15) is 10.4 Å². The van der Waals surface area contributed by atoms with E-state index in [9.17, 15) is 9.90 Å². The summed E-state index contributed by atoms with van der Waals surface area (Å²) in [5.74, 6) is -1.06. The van der Waals surface area contributed by atoms with E-state index in [1.165, 1.54) is 12.1 Å². The van der Waals surface area contributed by atoms with E-state index in [4.69, 9.17) is 5.11 Å². The van der Waals surface area contributed by atoms with E-state index >= 15 is 0 Å². The lowest BCUT2D eigenvalue weighted by Gasteiger charge is -2.09. The first-order valence-electron chi connectivity index (χ1n) is 5.33. The zero-order valence-corrected chi connectivity index (χ0v) is 10.6. The summed E-state index contributed by atoms with van der Waals surface area (Å²) >= 11 is 1.58. The summed E-state index contributed by atoms with van der Waals surface area (Å²) in [4.78, 5) is 11.8. The summed E-state index contributed by atoms with van der Waals surface area (Å²) in [6.07, 6.45) is 1.96. The normalized spacial score (nSPS) is 10.3. The molecule has 0 fully saturated rings. The van der Waals surface area contributed by atoms with Crippen molar-refractivity contribution in [2.75, 3.05) is 6.26 Å². The molecule has 0 aliphatic carbocycles. The van der Waals surface area contributed by atoms with Crippen LogP contribution in [0.3, 0.4) is 0 Å². The summed E-state index contributed by atoms with van der Waals surface area (Å²) in [5, 5.41) is 18.8. The van der Waals surface area contributed by atoms with Gasteiger partial charge in [0, 0.05) is 10.5 Å². The van der Waals surface area contributed by atoms with Gasteiger partial charge in [0.05, 0.1) is 5.56 Å². The van der Waals surface area contributed by atoms with Gasteiger partial charge in [-0.2, -0.15) is 0 Å². The molecule has 0 saturated heterocycles. The quantitative estimate of drug-likeness (QED) is 0.829. The molecule has 18 heavy (non-hydrogen) atoms. The van der Waals surface area contributed by atoms with Crippen LogP contribution in [0.5, 0.6) is 5.75 Å². The number of thioether (sulfide) groups is 1. The molecule has 0 bridgehead atoms. The van der Waals surface area contributed by atoms with Crippen LogP contribution < -0.4 is 0 Å². The maximum atomic E-state index is 10.8. The van der Waals surface area contributed by atoms with Crippen LogP contribution >= 0.6 is 11.8 Å². The third-order valence-corrected chi connectivity index (χ3v) is 3.44. The molecule has 3 nitrogen and oxygen atoms in total. The molecule has 0 aliphatic heterocycles. The van der Waals surface area contributed by atoms with Gasteiger partial charge in [0.2, 0.25) is 0 Å². The standard InChI is InChI=1S/C14H12O3S/c1-18-13-5-3-2-4-11(13)10-7-6-9(14(16)17)8-12(10)15/h2-8,15H,1H3,(H,16,17). The molecule has 92 valence electrons. The molecule has 0 spiro atoms. The first kappa shape index (κ1) is 12.5. The van der Waals surface area contributed by atoms with Gasteiger partial charge in [0.1, 0.15) is 5.75 Å². The second-order valence-corrected chi connectivity index (χ2v) is 4.59. The third-order valence-electron chi connectivity index (χ3n) is 2.64. The summed E-state index contributed by atoms with van der Waals surface area (Å²) in [7, 11) is 0. The van der Waals surface area contributed by atoms with Crippen LogP contribution in [0.15, 0.2) is 47.4 Å². The van der Waals surface area contributed by atoms with Crippen LogP contribution in [0.4, 0.5) is 0 Å². The van der Waals surface area contributed by atoms with E-state index in [0.29, 0.717) is 5.56 Å². The minimum Gasteiger partial charge on any atom is -0.507 e. The van der Waals surface area contributed by atoms with Crippen LogP contribution in [-0.2, 0) is 0 Å². The predicted octanol–water partition coefficient (Wildman–Crippen LogP) is 3.48. The smallest absolute Gasteiger partial charge is 0.335 e. The number of carboxylic acid groups (broad SMARTS) is 1. The lowest BCUT2D eigenvalue weighted by Crippen LogP contribution is -1.95. The number of benzene rings is 2. The highest BCUT2D eigenvalue weighted by Gasteiger charge is 2.11. The Bertz CT molecular complexity index is 593. The number of carboxylic acids is 1. The van der Waals surface area contributed by atoms with Crippen LogP contribution in [-0.4, -0.2) is 22.4 Å². The van der Waals surface area contributed by atoms with Crippen molar-refractivity contribution in [1.29, 1.82) is 0 Å². The lowest BCUT2D eigenvalue weighted by molar-refractivity contribution is 0.0696. The van der Waals surface area contributed by atoms with Gasteiger partial charge in [-0.15, -0.1) is 11.8 Å². The maximum Gasteiger partial charge on any atom is 0.335 e. The van der Waals surface area contributed by atoms with Gasteiger partial charge < -0.3 is 10.2 Å². The van der Waals surface area contributed by atoms with Gasteiger partial charge in [0.25, 0.3) is 0 Å². The average Bonchev–Trinajstić information content (AvgIpc) is 2.38. The molecular weight excluding hydrogens is 248 g/mol. The van der Waals surface area contributed by atoms with E-state index in [1.54, 1.807) is 17.8 Å². The highest BCUT2D eigenvalue weighted by molar-refractivity contribution is 7.98. The Morgan fingerprint density at radius 1 is 1.11 bits per heavy atom. The monoisotopic (exact) mass is 260 g/mol. The fraction of sp³-hybridized carbons (Fsp3) is 0.0714. The molecule has 0 heterocycles. The van der Waals surface area contributed by atoms with Gasteiger partial charge >= 0.3 is 5.97 Å².